The number of rotatable bonds is 9. The van der Waals surface area contributed by atoms with Gasteiger partial charge in [0.1, 0.15) is 12.4 Å². The molecule has 0 atom stereocenters. The Morgan fingerprint density at radius 3 is 2.69 bits per heavy atom. The largest absolute Gasteiger partial charge is 0.489 e. The molecule has 1 fully saturated rings. The smallest absolute Gasteiger partial charge is 0.227 e. The standard InChI is InChI=1S/C24H25N3O2/c28-24(20-10-11-20)27-22-8-3-5-18(13-22)14-26-16-21-7-1-2-9-23(21)29-17-19-6-4-12-25-15-19/h1-9,12-13,15,20,26H,10-11,14,16-17H2,(H,27,28). The second-order valence-electron chi connectivity index (χ2n) is 7.33. The van der Waals surface area contributed by atoms with Gasteiger partial charge in [-0.15, -0.1) is 0 Å². The fraction of sp³-hybridized carbons (Fsp3) is 0.250. The summed E-state index contributed by atoms with van der Waals surface area (Å²) in [6, 6.07) is 20.0. The first-order chi connectivity index (χ1) is 14.3. The van der Waals surface area contributed by atoms with Crippen LogP contribution in [0.4, 0.5) is 5.69 Å². The summed E-state index contributed by atoms with van der Waals surface area (Å²) in [5.41, 5.74) is 4.14. The molecule has 1 saturated carbocycles. The average molecular weight is 387 g/mol. The molecule has 0 spiro atoms. The first-order valence-electron chi connectivity index (χ1n) is 9.98. The molecule has 0 saturated heterocycles. The van der Waals surface area contributed by atoms with Crippen molar-refractivity contribution >= 4 is 11.6 Å². The lowest BCUT2D eigenvalue weighted by Gasteiger charge is -2.13. The zero-order valence-electron chi connectivity index (χ0n) is 16.3. The van der Waals surface area contributed by atoms with E-state index < -0.39 is 0 Å². The highest BCUT2D eigenvalue weighted by atomic mass is 16.5. The van der Waals surface area contributed by atoms with E-state index in [0.29, 0.717) is 19.7 Å². The summed E-state index contributed by atoms with van der Waals surface area (Å²) in [4.78, 5) is 16.1. The van der Waals surface area contributed by atoms with Crippen molar-refractivity contribution < 1.29 is 9.53 Å². The number of hydrogen-bond acceptors (Lipinski definition) is 4. The number of hydrogen-bond donors (Lipinski definition) is 2. The monoisotopic (exact) mass is 387 g/mol. The molecule has 1 aliphatic carbocycles. The molecular formula is C24H25N3O2. The number of carbonyl (C=O) groups excluding carboxylic acids is 1. The molecule has 1 aromatic heterocycles. The number of anilines is 1. The van der Waals surface area contributed by atoms with E-state index in [1.807, 2.05) is 54.7 Å². The number of amides is 1. The van der Waals surface area contributed by atoms with Crippen LogP contribution in [0, 0.1) is 5.92 Å². The molecule has 1 amide bonds. The summed E-state index contributed by atoms with van der Waals surface area (Å²) in [7, 11) is 0. The normalized spacial score (nSPS) is 13.1. The van der Waals surface area contributed by atoms with Gasteiger partial charge in [0.25, 0.3) is 0 Å². The van der Waals surface area contributed by atoms with Crippen LogP contribution in [-0.4, -0.2) is 10.9 Å². The first kappa shape index (κ1) is 19.2. The Balaban J connectivity index is 1.31. The van der Waals surface area contributed by atoms with Crippen molar-refractivity contribution in [2.24, 2.45) is 5.92 Å². The summed E-state index contributed by atoms with van der Waals surface area (Å²) in [5.74, 6) is 1.21. The molecule has 1 aliphatic rings. The minimum atomic E-state index is 0.134. The van der Waals surface area contributed by atoms with Gasteiger partial charge in [-0.2, -0.15) is 0 Å². The van der Waals surface area contributed by atoms with Gasteiger partial charge in [0.2, 0.25) is 5.91 Å². The van der Waals surface area contributed by atoms with Crippen molar-refractivity contribution in [3.63, 3.8) is 0 Å². The van der Waals surface area contributed by atoms with Gasteiger partial charge >= 0.3 is 0 Å². The minimum Gasteiger partial charge on any atom is -0.489 e. The van der Waals surface area contributed by atoms with Gasteiger partial charge in [0.05, 0.1) is 0 Å². The molecular weight excluding hydrogens is 362 g/mol. The van der Waals surface area contributed by atoms with Crippen molar-refractivity contribution in [2.75, 3.05) is 5.32 Å². The number of nitrogens with zero attached hydrogens (tertiary/aromatic N) is 1. The highest BCUT2D eigenvalue weighted by molar-refractivity contribution is 5.94. The molecule has 5 heteroatoms. The Morgan fingerprint density at radius 1 is 1.00 bits per heavy atom. The lowest BCUT2D eigenvalue weighted by Crippen LogP contribution is -2.15. The number of para-hydroxylation sites is 1. The summed E-state index contributed by atoms with van der Waals surface area (Å²) in [6.07, 6.45) is 5.59. The maximum absolute atomic E-state index is 11.9. The van der Waals surface area contributed by atoms with Crippen LogP contribution >= 0.6 is 0 Å². The summed E-state index contributed by atoms with van der Waals surface area (Å²) >= 11 is 0. The molecule has 2 aromatic carbocycles. The summed E-state index contributed by atoms with van der Waals surface area (Å²) in [6.45, 7) is 1.90. The predicted molar refractivity (Wildman–Crippen MR) is 113 cm³/mol. The van der Waals surface area contributed by atoms with Crippen molar-refractivity contribution in [2.45, 2.75) is 32.5 Å². The van der Waals surface area contributed by atoms with E-state index in [9.17, 15) is 4.79 Å². The Morgan fingerprint density at radius 2 is 1.86 bits per heavy atom. The van der Waals surface area contributed by atoms with E-state index >= 15 is 0 Å². The van der Waals surface area contributed by atoms with Gasteiger partial charge in [-0.3, -0.25) is 9.78 Å². The molecule has 0 radical (unpaired) electrons. The van der Waals surface area contributed by atoms with Crippen LogP contribution in [-0.2, 0) is 24.5 Å². The molecule has 2 N–H and O–H groups in total. The van der Waals surface area contributed by atoms with Crippen molar-refractivity contribution in [3.8, 4) is 5.75 Å². The van der Waals surface area contributed by atoms with E-state index in [1.54, 1.807) is 6.20 Å². The van der Waals surface area contributed by atoms with Crippen molar-refractivity contribution in [3.05, 3.63) is 89.7 Å². The molecule has 4 rings (SSSR count). The fourth-order valence-electron chi connectivity index (χ4n) is 3.13. The third-order valence-electron chi connectivity index (χ3n) is 4.88. The van der Waals surface area contributed by atoms with Crippen LogP contribution in [0.15, 0.2) is 73.1 Å². The second kappa shape index (κ2) is 9.34. The quantitative estimate of drug-likeness (QED) is 0.575. The Labute approximate surface area is 171 Å². The molecule has 5 nitrogen and oxygen atoms in total. The number of nitrogens with one attached hydrogen (secondary N) is 2. The third-order valence-corrected chi connectivity index (χ3v) is 4.88. The lowest BCUT2D eigenvalue weighted by molar-refractivity contribution is -0.117. The van der Waals surface area contributed by atoms with Gasteiger partial charge in [0.15, 0.2) is 0 Å². The maximum atomic E-state index is 11.9. The minimum absolute atomic E-state index is 0.134. The van der Waals surface area contributed by atoms with Crippen LogP contribution in [0.1, 0.15) is 29.5 Å². The van der Waals surface area contributed by atoms with E-state index in [1.165, 1.54) is 0 Å². The van der Waals surface area contributed by atoms with Crippen molar-refractivity contribution in [1.82, 2.24) is 10.3 Å². The Kier molecular flexibility index (Phi) is 6.17. The van der Waals surface area contributed by atoms with Crippen LogP contribution in [0.25, 0.3) is 0 Å². The van der Waals surface area contributed by atoms with Crippen LogP contribution in [0.3, 0.4) is 0 Å². The number of pyridine rings is 1. The highest BCUT2D eigenvalue weighted by Crippen LogP contribution is 2.30. The SMILES string of the molecule is O=C(Nc1cccc(CNCc2ccccc2OCc2cccnc2)c1)C1CC1. The van der Waals surface area contributed by atoms with E-state index in [-0.39, 0.29) is 11.8 Å². The zero-order valence-corrected chi connectivity index (χ0v) is 16.3. The summed E-state index contributed by atoms with van der Waals surface area (Å²) < 4.78 is 5.99. The predicted octanol–water partition coefficient (Wildman–Crippen LogP) is 4.30. The maximum Gasteiger partial charge on any atom is 0.227 e. The zero-order chi connectivity index (χ0) is 19.9. The highest BCUT2D eigenvalue weighted by Gasteiger charge is 2.29. The lowest BCUT2D eigenvalue weighted by atomic mass is 10.1. The van der Waals surface area contributed by atoms with Gasteiger partial charge in [0, 0.05) is 48.2 Å². The number of aromatic nitrogens is 1. The van der Waals surface area contributed by atoms with Crippen LogP contribution in [0.2, 0.25) is 0 Å². The molecule has 148 valence electrons. The van der Waals surface area contributed by atoms with Gasteiger partial charge < -0.3 is 15.4 Å². The van der Waals surface area contributed by atoms with Gasteiger partial charge in [-0.1, -0.05) is 36.4 Å². The average Bonchev–Trinajstić information content (AvgIpc) is 3.60. The topological polar surface area (TPSA) is 63.2 Å². The van der Waals surface area contributed by atoms with Crippen LogP contribution in [0.5, 0.6) is 5.75 Å². The van der Waals surface area contributed by atoms with Gasteiger partial charge in [-0.25, -0.2) is 0 Å². The molecule has 0 bridgehead atoms. The Bertz CT molecular complexity index is 955. The summed E-state index contributed by atoms with van der Waals surface area (Å²) in [5, 5.41) is 6.47. The van der Waals surface area contributed by atoms with E-state index in [2.05, 4.69) is 27.8 Å². The van der Waals surface area contributed by atoms with E-state index in [4.69, 9.17) is 4.74 Å². The number of carbonyl (C=O) groups is 1. The molecule has 29 heavy (non-hydrogen) atoms. The van der Waals surface area contributed by atoms with Gasteiger partial charge in [-0.05, 0) is 42.7 Å². The number of benzene rings is 2. The fourth-order valence-corrected chi connectivity index (χ4v) is 3.13. The molecule has 0 unspecified atom stereocenters. The first-order valence-corrected chi connectivity index (χ1v) is 9.98. The molecule has 3 aromatic rings. The molecule has 0 aliphatic heterocycles. The third kappa shape index (κ3) is 5.65. The second-order valence-corrected chi connectivity index (χ2v) is 7.33. The van der Waals surface area contributed by atoms with E-state index in [0.717, 1.165) is 41.0 Å². The molecule has 1 heterocycles. The van der Waals surface area contributed by atoms with Crippen molar-refractivity contribution in [1.29, 1.82) is 0 Å². The van der Waals surface area contributed by atoms with Crippen LogP contribution < -0.4 is 15.4 Å². The number of ether oxygens (including phenoxy) is 1. The Hall–Kier alpha value is -3.18.